The van der Waals surface area contributed by atoms with Gasteiger partial charge in [0.1, 0.15) is 17.4 Å². The molecule has 2 aliphatic rings. The first-order valence-corrected chi connectivity index (χ1v) is 11.0. The summed E-state index contributed by atoms with van der Waals surface area (Å²) in [7, 11) is 0. The van der Waals surface area contributed by atoms with Gasteiger partial charge in [-0.05, 0) is 29.3 Å². The molecule has 190 valence electrons. The van der Waals surface area contributed by atoms with E-state index < -0.39 is 30.3 Å². The van der Waals surface area contributed by atoms with E-state index in [2.05, 4.69) is 14.7 Å². The van der Waals surface area contributed by atoms with Crippen LogP contribution in [-0.2, 0) is 11.2 Å². The number of benzene rings is 1. The Kier molecular flexibility index (Phi) is 7.22. The van der Waals surface area contributed by atoms with Crippen molar-refractivity contribution in [1.29, 1.82) is 0 Å². The summed E-state index contributed by atoms with van der Waals surface area (Å²) in [6.45, 7) is 0.469. The van der Waals surface area contributed by atoms with Gasteiger partial charge in [-0.1, -0.05) is 18.2 Å². The van der Waals surface area contributed by atoms with Crippen molar-refractivity contribution in [2.75, 3.05) is 19.6 Å². The predicted octanol–water partition coefficient (Wildman–Crippen LogP) is 3.11. The zero-order valence-electron chi connectivity index (χ0n) is 18.9. The zero-order valence-corrected chi connectivity index (χ0v) is 18.9. The van der Waals surface area contributed by atoms with Gasteiger partial charge in [0.05, 0.1) is 19.5 Å². The van der Waals surface area contributed by atoms with Crippen LogP contribution in [0.4, 0.5) is 17.6 Å². The van der Waals surface area contributed by atoms with Crippen LogP contribution in [0.2, 0.25) is 0 Å². The molecule has 4 rings (SSSR count). The molecule has 0 unspecified atom stereocenters. The summed E-state index contributed by atoms with van der Waals surface area (Å²) in [6, 6.07) is 6.42. The molecule has 3 heterocycles. The number of pyridine rings is 1. The SMILES string of the molecule is NC(=O)c1cc(C2=CCN=C2)cnc1O[C@@H]1CCN(C(=O)Cc2ccc(OC(F)(F)F)cc2)C[C@@H]1F. The van der Waals surface area contributed by atoms with Crippen LogP contribution >= 0.6 is 0 Å². The summed E-state index contributed by atoms with van der Waals surface area (Å²) in [5.41, 5.74) is 7.36. The van der Waals surface area contributed by atoms with E-state index in [4.69, 9.17) is 10.5 Å². The van der Waals surface area contributed by atoms with Crippen molar-refractivity contribution in [2.45, 2.75) is 31.5 Å². The summed E-state index contributed by atoms with van der Waals surface area (Å²) < 4.78 is 61.3. The maximum absolute atomic E-state index is 14.9. The third kappa shape index (κ3) is 6.18. The minimum atomic E-state index is -4.81. The molecule has 1 fully saturated rings. The molecule has 1 aromatic carbocycles. The molecule has 1 aromatic heterocycles. The standard InChI is InChI=1S/C24H22F4N4O4/c25-19-13-32(21(33)9-14-1-3-17(4-2-14)36-24(26,27)28)8-6-20(19)35-23-18(22(29)34)10-16(12-31-23)15-5-7-30-11-15/h1-5,10-12,19-20H,6-9,13H2,(H2,29,34)/t19-,20+/m0/s1. The van der Waals surface area contributed by atoms with Crippen LogP contribution in [0.1, 0.15) is 27.9 Å². The number of primary amides is 1. The lowest BCUT2D eigenvalue weighted by atomic mass is 10.0. The number of alkyl halides is 4. The lowest BCUT2D eigenvalue weighted by Crippen LogP contribution is -2.49. The van der Waals surface area contributed by atoms with E-state index in [1.54, 1.807) is 6.21 Å². The number of carbonyl (C=O) groups is 2. The van der Waals surface area contributed by atoms with Crippen molar-refractivity contribution in [1.82, 2.24) is 9.88 Å². The Morgan fingerprint density at radius 2 is 1.94 bits per heavy atom. The second-order valence-electron chi connectivity index (χ2n) is 8.26. The number of rotatable bonds is 7. The largest absolute Gasteiger partial charge is 0.573 e. The second kappa shape index (κ2) is 10.3. The van der Waals surface area contributed by atoms with Gasteiger partial charge in [-0.2, -0.15) is 0 Å². The van der Waals surface area contributed by atoms with E-state index in [1.165, 1.54) is 29.3 Å². The van der Waals surface area contributed by atoms with Crippen LogP contribution in [0, 0.1) is 0 Å². The molecular formula is C24H22F4N4O4. The number of allylic oxidation sites excluding steroid dienone is 1. The van der Waals surface area contributed by atoms with Crippen LogP contribution in [0.3, 0.4) is 0 Å². The fourth-order valence-corrected chi connectivity index (χ4v) is 3.91. The van der Waals surface area contributed by atoms with E-state index >= 15 is 0 Å². The van der Waals surface area contributed by atoms with Crippen molar-refractivity contribution in [2.24, 2.45) is 10.7 Å². The third-order valence-corrected chi connectivity index (χ3v) is 5.71. The Morgan fingerprint density at radius 1 is 1.19 bits per heavy atom. The highest BCUT2D eigenvalue weighted by atomic mass is 19.4. The lowest BCUT2D eigenvalue weighted by Gasteiger charge is -2.34. The second-order valence-corrected chi connectivity index (χ2v) is 8.26. The van der Waals surface area contributed by atoms with Gasteiger partial charge < -0.3 is 20.1 Å². The minimum Gasteiger partial charge on any atom is -0.471 e. The van der Waals surface area contributed by atoms with Crippen molar-refractivity contribution in [3.63, 3.8) is 0 Å². The van der Waals surface area contributed by atoms with Crippen molar-refractivity contribution in [3.05, 3.63) is 59.3 Å². The molecule has 2 aliphatic heterocycles. The van der Waals surface area contributed by atoms with Gasteiger partial charge in [0.25, 0.3) is 5.91 Å². The molecule has 0 spiro atoms. The number of likely N-dealkylation sites (tertiary alicyclic amines) is 1. The molecule has 0 bridgehead atoms. The number of nitrogens with two attached hydrogens (primary N) is 1. The van der Waals surface area contributed by atoms with Gasteiger partial charge in [-0.25, -0.2) is 9.37 Å². The maximum Gasteiger partial charge on any atom is 0.573 e. The fourth-order valence-electron chi connectivity index (χ4n) is 3.91. The number of carbonyl (C=O) groups excluding carboxylic acids is 2. The summed E-state index contributed by atoms with van der Waals surface area (Å²) in [5.74, 6) is -1.64. The lowest BCUT2D eigenvalue weighted by molar-refractivity contribution is -0.274. The molecule has 0 saturated carbocycles. The average molecular weight is 506 g/mol. The average Bonchev–Trinajstić information content (AvgIpc) is 3.36. The first kappa shape index (κ1) is 25.1. The van der Waals surface area contributed by atoms with Gasteiger partial charge in [-0.15, -0.1) is 13.2 Å². The fraction of sp³-hybridized carbons (Fsp3) is 0.333. The molecule has 0 aliphatic carbocycles. The maximum atomic E-state index is 14.9. The normalized spacial score (nSPS) is 19.7. The Hall–Kier alpha value is -3.96. The van der Waals surface area contributed by atoms with Crippen molar-refractivity contribution >= 4 is 23.6 Å². The first-order chi connectivity index (χ1) is 17.1. The Bertz CT molecular complexity index is 1200. The van der Waals surface area contributed by atoms with Gasteiger partial charge in [0.2, 0.25) is 11.8 Å². The van der Waals surface area contributed by atoms with Crippen LogP contribution in [0.25, 0.3) is 5.57 Å². The highest BCUT2D eigenvalue weighted by Crippen LogP contribution is 2.27. The topological polar surface area (TPSA) is 107 Å². The van der Waals surface area contributed by atoms with Crippen LogP contribution < -0.4 is 15.2 Å². The van der Waals surface area contributed by atoms with E-state index in [9.17, 15) is 27.2 Å². The molecule has 2 atom stereocenters. The number of nitrogens with zero attached hydrogens (tertiary/aromatic N) is 3. The molecule has 8 nitrogen and oxygen atoms in total. The van der Waals surface area contributed by atoms with Crippen molar-refractivity contribution < 1.29 is 36.6 Å². The minimum absolute atomic E-state index is 0.0114. The van der Waals surface area contributed by atoms with E-state index in [1.807, 2.05) is 6.08 Å². The number of halogens is 4. The summed E-state index contributed by atoms with van der Waals surface area (Å²) >= 11 is 0. The molecule has 0 radical (unpaired) electrons. The van der Waals surface area contributed by atoms with Crippen molar-refractivity contribution in [3.8, 4) is 11.6 Å². The number of piperidine rings is 1. The van der Waals surface area contributed by atoms with Crippen LogP contribution in [0.15, 0.2) is 47.6 Å². The Balaban J connectivity index is 1.35. The van der Waals surface area contributed by atoms with E-state index in [-0.39, 0.29) is 43.3 Å². The summed E-state index contributed by atoms with van der Waals surface area (Å²) in [4.78, 5) is 34.1. The third-order valence-electron chi connectivity index (χ3n) is 5.71. The van der Waals surface area contributed by atoms with Gasteiger partial charge in [0, 0.05) is 30.9 Å². The number of hydrogen-bond acceptors (Lipinski definition) is 6. The van der Waals surface area contributed by atoms with Crippen LogP contribution in [0.5, 0.6) is 11.6 Å². The highest BCUT2D eigenvalue weighted by molar-refractivity contribution is 6.12. The zero-order chi connectivity index (χ0) is 25.9. The summed E-state index contributed by atoms with van der Waals surface area (Å²) in [6.07, 6.45) is -2.29. The van der Waals surface area contributed by atoms with Crippen LogP contribution in [-0.4, -0.2) is 66.2 Å². The molecule has 2 aromatic rings. The number of amides is 2. The summed E-state index contributed by atoms with van der Waals surface area (Å²) in [5, 5.41) is 0. The number of aromatic nitrogens is 1. The quantitative estimate of drug-likeness (QED) is 0.581. The molecule has 2 amide bonds. The monoisotopic (exact) mass is 506 g/mol. The molecular weight excluding hydrogens is 484 g/mol. The first-order valence-electron chi connectivity index (χ1n) is 11.0. The molecule has 2 N–H and O–H groups in total. The van der Waals surface area contributed by atoms with Gasteiger partial charge in [0.15, 0.2) is 6.17 Å². The Labute approximate surface area is 203 Å². The molecule has 12 heteroatoms. The predicted molar refractivity (Wildman–Crippen MR) is 121 cm³/mol. The Morgan fingerprint density at radius 3 is 2.56 bits per heavy atom. The molecule has 1 saturated heterocycles. The number of ether oxygens (including phenoxy) is 2. The van der Waals surface area contributed by atoms with E-state index in [0.717, 1.165) is 17.7 Å². The van der Waals surface area contributed by atoms with Gasteiger partial charge >= 0.3 is 6.36 Å². The number of aliphatic imine (C=N–C) groups is 1. The van der Waals surface area contributed by atoms with E-state index in [0.29, 0.717) is 17.7 Å². The van der Waals surface area contributed by atoms with Gasteiger partial charge in [-0.3, -0.25) is 14.6 Å². The smallest absolute Gasteiger partial charge is 0.471 e. The highest BCUT2D eigenvalue weighted by Gasteiger charge is 2.34. The molecule has 36 heavy (non-hydrogen) atoms. The number of hydrogen-bond donors (Lipinski definition) is 1.